The normalized spacial score (nSPS) is 12.9. The number of ether oxygens (including phenoxy) is 1. The van der Waals surface area contributed by atoms with Crippen LogP contribution in [0.2, 0.25) is 0 Å². The third-order valence-electron chi connectivity index (χ3n) is 1.72. The van der Waals surface area contributed by atoms with E-state index in [0.717, 1.165) is 22.6 Å². The number of halogens is 9. The van der Waals surface area contributed by atoms with Gasteiger partial charge in [0.15, 0.2) is 0 Å². The van der Waals surface area contributed by atoms with Crippen LogP contribution in [0.3, 0.4) is 0 Å². The molecule has 0 unspecified atom stereocenters. The third-order valence-corrected chi connectivity index (χ3v) is 2.50. The molecule has 2 nitrogen and oxygen atoms in total. The average Bonchev–Trinajstić information content (AvgIpc) is 2.10. The molecule has 1 heterocycles. The fraction of sp³-hybridized carbons (Fsp3) is 0.375. The summed E-state index contributed by atoms with van der Waals surface area (Å²) in [6.07, 6.45) is -14.0. The number of alkyl halides is 8. The summed E-state index contributed by atoms with van der Waals surface area (Å²) in [6.45, 7) is 0. The van der Waals surface area contributed by atoms with Crippen molar-refractivity contribution in [2.75, 3.05) is 0 Å². The van der Waals surface area contributed by atoms with Gasteiger partial charge in [0.05, 0.1) is 5.56 Å². The van der Waals surface area contributed by atoms with Crippen molar-refractivity contribution < 1.29 is 39.9 Å². The molecule has 0 radical (unpaired) electrons. The Bertz CT molecular complexity index is 469. The summed E-state index contributed by atoms with van der Waals surface area (Å²) < 4.78 is 100. The van der Waals surface area contributed by atoms with Gasteiger partial charge in [0.1, 0.15) is 3.70 Å². The van der Waals surface area contributed by atoms with Crippen molar-refractivity contribution >= 4 is 22.6 Å². The van der Waals surface area contributed by atoms with Gasteiger partial charge in [-0.1, -0.05) is 0 Å². The second-order valence-corrected chi connectivity index (χ2v) is 4.08. The summed E-state index contributed by atoms with van der Waals surface area (Å²) >= 11 is 0.910. The van der Waals surface area contributed by atoms with Crippen LogP contribution < -0.4 is 4.74 Å². The molecule has 1 aromatic heterocycles. The van der Waals surface area contributed by atoms with Crippen molar-refractivity contribution in [3.63, 3.8) is 0 Å². The van der Waals surface area contributed by atoms with Gasteiger partial charge in [-0.2, -0.15) is 13.2 Å². The standard InChI is InChI=1S/C8H2F8INO/c9-5(10)2-1-3(19-8(14,15)16)18-6(17)4(2)7(11,12)13/h1,5H. The molecule has 0 aliphatic rings. The summed E-state index contributed by atoms with van der Waals surface area (Å²) in [6, 6.07) is -0.0802. The third kappa shape index (κ3) is 4.31. The zero-order valence-electron chi connectivity index (χ0n) is 8.41. The zero-order valence-corrected chi connectivity index (χ0v) is 10.6. The largest absolute Gasteiger partial charge is 0.574 e. The fourth-order valence-electron chi connectivity index (χ4n) is 1.13. The first-order valence-electron chi connectivity index (χ1n) is 4.23. The Hall–Kier alpha value is -0.880. The van der Waals surface area contributed by atoms with Gasteiger partial charge in [-0.3, -0.25) is 0 Å². The highest BCUT2D eigenvalue weighted by Gasteiger charge is 2.40. The van der Waals surface area contributed by atoms with Gasteiger partial charge in [-0.25, -0.2) is 13.8 Å². The van der Waals surface area contributed by atoms with Crippen LogP contribution >= 0.6 is 22.6 Å². The lowest BCUT2D eigenvalue weighted by atomic mass is 10.1. The predicted octanol–water partition coefficient (Wildman–Crippen LogP) is 4.54. The Morgan fingerprint density at radius 2 is 1.63 bits per heavy atom. The van der Waals surface area contributed by atoms with Gasteiger partial charge in [0.2, 0.25) is 5.88 Å². The van der Waals surface area contributed by atoms with E-state index in [1.54, 1.807) is 0 Å². The minimum atomic E-state index is -5.24. The molecule has 0 N–H and O–H groups in total. The van der Waals surface area contributed by atoms with Crippen molar-refractivity contribution in [1.82, 2.24) is 4.98 Å². The first kappa shape index (κ1) is 16.2. The van der Waals surface area contributed by atoms with E-state index >= 15 is 0 Å². The SMILES string of the molecule is FC(F)c1cc(OC(F)(F)F)nc(I)c1C(F)(F)F. The predicted molar refractivity (Wildman–Crippen MR) is 53.6 cm³/mol. The molecule has 0 saturated carbocycles. The minimum absolute atomic E-state index is 0.0802. The number of hydrogen-bond acceptors (Lipinski definition) is 2. The summed E-state index contributed by atoms with van der Waals surface area (Å²) in [4.78, 5) is 2.86. The topological polar surface area (TPSA) is 22.1 Å². The Morgan fingerprint density at radius 1 is 1.11 bits per heavy atom. The summed E-state index contributed by atoms with van der Waals surface area (Å²) in [7, 11) is 0. The molecule has 108 valence electrons. The highest BCUT2D eigenvalue weighted by atomic mass is 127. The maximum absolute atomic E-state index is 12.5. The molecule has 11 heteroatoms. The van der Waals surface area contributed by atoms with Crippen LogP contribution in [-0.2, 0) is 6.18 Å². The van der Waals surface area contributed by atoms with Gasteiger partial charge in [0.25, 0.3) is 6.43 Å². The van der Waals surface area contributed by atoms with Crippen LogP contribution in [-0.4, -0.2) is 11.3 Å². The molecule has 19 heavy (non-hydrogen) atoms. The Kier molecular flexibility index (Phi) is 4.47. The van der Waals surface area contributed by atoms with Crippen molar-refractivity contribution in [3.8, 4) is 5.88 Å². The Balaban J connectivity index is 3.38. The van der Waals surface area contributed by atoms with Crippen LogP contribution in [0.4, 0.5) is 35.1 Å². The molecule has 0 atom stereocenters. The Labute approximate surface area is 113 Å². The van der Waals surface area contributed by atoms with Gasteiger partial charge >= 0.3 is 12.5 Å². The molecule has 0 spiro atoms. The second kappa shape index (κ2) is 5.25. The van der Waals surface area contributed by atoms with E-state index in [-0.39, 0.29) is 6.07 Å². The maximum atomic E-state index is 12.5. The highest BCUT2D eigenvalue weighted by molar-refractivity contribution is 14.1. The summed E-state index contributed by atoms with van der Waals surface area (Å²) in [5, 5.41) is 0. The van der Waals surface area contributed by atoms with Gasteiger partial charge in [0, 0.05) is 11.6 Å². The van der Waals surface area contributed by atoms with E-state index in [9.17, 15) is 35.1 Å². The number of rotatable bonds is 2. The van der Waals surface area contributed by atoms with E-state index in [1.807, 2.05) is 0 Å². The maximum Gasteiger partial charge on any atom is 0.574 e. The van der Waals surface area contributed by atoms with Gasteiger partial charge in [-0.05, 0) is 22.6 Å². The summed E-state index contributed by atoms with van der Waals surface area (Å²) in [5.74, 6) is -1.37. The van der Waals surface area contributed by atoms with E-state index < -0.39 is 39.7 Å². The molecule has 0 bridgehead atoms. The molecule has 0 saturated heterocycles. The van der Waals surface area contributed by atoms with Crippen molar-refractivity contribution in [2.24, 2.45) is 0 Å². The molecule has 0 amide bonds. The lowest BCUT2D eigenvalue weighted by Gasteiger charge is -2.16. The van der Waals surface area contributed by atoms with Crippen molar-refractivity contribution in [1.29, 1.82) is 0 Å². The zero-order chi connectivity index (χ0) is 15.0. The minimum Gasteiger partial charge on any atom is -0.388 e. The van der Waals surface area contributed by atoms with Crippen molar-refractivity contribution in [2.45, 2.75) is 19.0 Å². The van der Waals surface area contributed by atoms with Crippen molar-refractivity contribution in [3.05, 3.63) is 20.9 Å². The molecule has 0 aliphatic carbocycles. The number of pyridine rings is 1. The van der Waals surface area contributed by atoms with E-state index in [1.165, 1.54) is 0 Å². The molecule has 0 fully saturated rings. The fourth-order valence-corrected chi connectivity index (χ4v) is 1.99. The second-order valence-electron chi connectivity index (χ2n) is 3.06. The number of nitrogens with zero attached hydrogens (tertiary/aromatic N) is 1. The Morgan fingerprint density at radius 3 is 2.00 bits per heavy atom. The van der Waals surface area contributed by atoms with Crippen LogP contribution in [0.25, 0.3) is 0 Å². The van der Waals surface area contributed by atoms with Crippen LogP contribution in [0, 0.1) is 3.70 Å². The summed E-state index contributed by atoms with van der Waals surface area (Å²) in [5.41, 5.74) is -3.40. The van der Waals surface area contributed by atoms with E-state index in [4.69, 9.17) is 0 Å². The van der Waals surface area contributed by atoms with Crippen LogP contribution in [0.1, 0.15) is 17.6 Å². The van der Waals surface area contributed by atoms with Gasteiger partial charge in [-0.15, -0.1) is 13.2 Å². The molecule has 0 aliphatic heterocycles. The van der Waals surface area contributed by atoms with Crippen LogP contribution in [0.15, 0.2) is 6.07 Å². The number of aromatic nitrogens is 1. The molecular weight excluding hydrogens is 405 g/mol. The quantitative estimate of drug-likeness (QED) is 0.408. The van der Waals surface area contributed by atoms with Gasteiger partial charge < -0.3 is 4.74 Å². The molecule has 1 aromatic rings. The first-order valence-corrected chi connectivity index (χ1v) is 5.31. The average molecular weight is 407 g/mol. The van der Waals surface area contributed by atoms with Crippen LogP contribution in [0.5, 0.6) is 5.88 Å². The molecular formula is C8H2F8INO. The molecule has 1 rings (SSSR count). The lowest BCUT2D eigenvalue weighted by Crippen LogP contribution is -2.20. The smallest absolute Gasteiger partial charge is 0.388 e. The monoisotopic (exact) mass is 407 g/mol. The van der Waals surface area contributed by atoms with E-state index in [0.29, 0.717) is 0 Å². The number of hydrogen-bond donors (Lipinski definition) is 0. The van der Waals surface area contributed by atoms with E-state index in [2.05, 4.69) is 9.72 Å². The lowest BCUT2D eigenvalue weighted by molar-refractivity contribution is -0.276. The molecule has 0 aromatic carbocycles. The first-order chi connectivity index (χ1) is 8.42. The highest BCUT2D eigenvalue weighted by Crippen LogP contribution is 2.40.